The lowest BCUT2D eigenvalue weighted by molar-refractivity contribution is 0.0968. The summed E-state index contributed by atoms with van der Waals surface area (Å²) < 4.78 is 19.6. The maximum absolute atomic E-state index is 13.8. The van der Waals surface area contributed by atoms with Gasteiger partial charge in [-0.25, -0.2) is 4.39 Å². The molecule has 3 atom stereocenters. The van der Waals surface area contributed by atoms with E-state index in [2.05, 4.69) is 29.8 Å². The van der Waals surface area contributed by atoms with Crippen LogP contribution in [-0.2, 0) is 5.33 Å². The summed E-state index contributed by atoms with van der Waals surface area (Å²) >= 11 is 3.32. The van der Waals surface area contributed by atoms with Crippen molar-refractivity contribution in [1.82, 2.24) is 0 Å². The van der Waals surface area contributed by atoms with Gasteiger partial charge in [-0.05, 0) is 48.8 Å². The molecular formula is C15H20BrFO. The lowest BCUT2D eigenvalue weighted by Gasteiger charge is -2.32. The third-order valence-electron chi connectivity index (χ3n) is 3.99. The van der Waals surface area contributed by atoms with Crippen LogP contribution in [0.25, 0.3) is 0 Å². The second kappa shape index (κ2) is 6.05. The van der Waals surface area contributed by atoms with Crippen LogP contribution in [0.1, 0.15) is 38.7 Å². The predicted molar refractivity (Wildman–Crippen MR) is 75.6 cm³/mol. The molecule has 0 amide bonds. The number of rotatable bonds is 3. The summed E-state index contributed by atoms with van der Waals surface area (Å²) in [4.78, 5) is 0. The highest BCUT2D eigenvalue weighted by molar-refractivity contribution is 9.08. The molecule has 0 aliphatic heterocycles. The van der Waals surface area contributed by atoms with Gasteiger partial charge in [0, 0.05) is 5.33 Å². The van der Waals surface area contributed by atoms with Crippen LogP contribution in [-0.4, -0.2) is 6.10 Å². The van der Waals surface area contributed by atoms with Crippen molar-refractivity contribution in [3.63, 3.8) is 0 Å². The monoisotopic (exact) mass is 314 g/mol. The first-order valence-electron chi connectivity index (χ1n) is 6.61. The van der Waals surface area contributed by atoms with Crippen LogP contribution in [0.4, 0.5) is 4.39 Å². The second-order valence-electron chi connectivity index (χ2n) is 5.41. The Labute approximate surface area is 117 Å². The van der Waals surface area contributed by atoms with E-state index in [1.807, 2.05) is 6.07 Å². The molecule has 1 fully saturated rings. The normalized spacial score (nSPS) is 28.1. The van der Waals surface area contributed by atoms with Crippen LogP contribution in [0, 0.1) is 17.7 Å². The molecule has 1 aromatic rings. The summed E-state index contributed by atoms with van der Waals surface area (Å²) in [6.45, 7) is 4.54. The minimum absolute atomic E-state index is 0.167. The smallest absolute Gasteiger partial charge is 0.165 e. The molecule has 0 heterocycles. The highest BCUT2D eigenvalue weighted by Crippen LogP contribution is 2.32. The molecule has 0 spiro atoms. The van der Waals surface area contributed by atoms with E-state index in [9.17, 15) is 4.39 Å². The molecular weight excluding hydrogens is 295 g/mol. The minimum atomic E-state index is -0.252. The first kappa shape index (κ1) is 13.9. The molecule has 1 aliphatic rings. The Bertz CT molecular complexity index is 407. The standard InChI is InChI=1S/C15H20BrFO/c1-10-3-5-13(7-11(10)2)18-15-6-4-12(9-16)8-14(15)17/h4,6,8,10-11,13H,3,5,7,9H2,1-2H3. The van der Waals surface area contributed by atoms with Crippen molar-refractivity contribution < 1.29 is 9.13 Å². The summed E-state index contributed by atoms with van der Waals surface area (Å²) in [6, 6.07) is 5.19. The van der Waals surface area contributed by atoms with Gasteiger partial charge >= 0.3 is 0 Å². The molecule has 1 aliphatic carbocycles. The van der Waals surface area contributed by atoms with Gasteiger partial charge < -0.3 is 4.74 Å². The van der Waals surface area contributed by atoms with Crippen molar-refractivity contribution in [1.29, 1.82) is 0 Å². The van der Waals surface area contributed by atoms with Crippen LogP contribution < -0.4 is 4.74 Å². The fraction of sp³-hybridized carbons (Fsp3) is 0.600. The number of halogens is 2. The molecule has 1 aromatic carbocycles. The van der Waals surface area contributed by atoms with Gasteiger partial charge in [-0.15, -0.1) is 0 Å². The SMILES string of the molecule is CC1CCC(Oc2ccc(CBr)cc2F)CC1C. The van der Waals surface area contributed by atoms with Crippen LogP contribution in [0.2, 0.25) is 0 Å². The van der Waals surface area contributed by atoms with Crippen LogP contribution in [0.5, 0.6) is 5.75 Å². The molecule has 1 nitrogen and oxygen atoms in total. The zero-order chi connectivity index (χ0) is 13.1. The lowest BCUT2D eigenvalue weighted by atomic mass is 9.80. The summed E-state index contributed by atoms with van der Waals surface area (Å²) in [5.41, 5.74) is 0.936. The molecule has 0 N–H and O–H groups in total. The van der Waals surface area contributed by atoms with E-state index in [4.69, 9.17) is 4.74 Å². The van der Waals surface area contributed by atoms with Crippen molar-refractivity contribution in [3.8, 4) is 5.75 Å². The number of hydrogen-bond acceptors (Lipinski definition) is 1. The average Bonchev–Trinajstić information content (AvgIpc) is 2.36. The van der Waals surface area contributed by atoms with E-state index in [1.165, 1.54) is 6.42 Å². The zero-order valence-electron chi connectivity index (χ0n) is 11.0. The maximum Gasteiger partial charge on any atom is 0.165 e. The van der Waals surface area contributed by atoms with Gasteiger partial charge in [-0.2, -0.15) is 0 Å². The Morgan fingerprint density at radius 1 is 1.28 bits per heavy atom. The van der Waals surface area contributed by atoms with Crippen molar-refractivity contribution in [2.45, 2.75) is 44.5 Å². The molecule has 1 saturated carbocycles. The van der Waals surface area contributed by atoms with E-state index in [0.717, 1.165) is 24.3 Å². The highest BCUT2D eigenvalue weighted by atomic mass is 79.9. The third-order valence-corrected chi connectivity index (χ3v) is 4.64. The van der Waals surface area contributed by atoms with Gasteiger partial charge in [0.15, 0.2) is 11.6 Å². The highest BCUT2D eigenvalue weighted by Gasteiger charge is 2.26. The molecule has 3 unspecified atom stereocenters. The summed E-state index contributed by atoms with van der Waals surface area (Å²) in [5, 5.41) is 0.669. The number of ether oxygens (including phenoxy) is 1. The maximum atomic E-state index is 13.8. The van der Waals surface area contributed by atoms with Crippen molar-refractivity contribution in [3.05, 3.63) is 29.6 Å². The quantitative estimate of drug-likeness (QED) is 0.719. The lowest BCUT2D eigenvalue weighted by Crippen LogP contribution is -2.29. The van der Waals surface area contributed by atoms with Gasteiger partial charge in [0.2, 0.25) is 0 Å². The molecule has 0 radical (unpaired) electrons. The van der Waals surface area contributed by atoms with Crippen LogP contribution in [0.3, 0.4) is 0 Å². The van der Waals surface area contributed by atoms with E-state index in [-0.39, 0.29) is 11.9 Å². The van der Waals surface area contributed by atoms with E-state index >= 15 is 0 Å². The molecule has 0 aromatic heterocycles. The van der Waals surface area contributed by atoms with Crippen LogP contribution >= 0.6 is 15.9 Å². The predicted octanol–water partition coefficient (Wildman–Crippen LogP) is 4.92. The first-order chi connectivity index (χ1) is 8.60. The summed E-state index contributed by atoms with van der Waals surface area (Å²) in [5.74, 6) is 1.56. The first-order valence-corrected chi connectivity index (χ1v) is 7.73. The topological polar surface area (TPSA) is 9.23 Å². The Hall–Kier alpha value is -0.570. The molecule has 0 saturated heterocycles. The molecule has 18 heavy (non-hydrogen) atoms. The molecule has 2 rings (SSSR count). The van der Waals surface area contributed by atoms with Crippen molar-refractivity contribution >= 4 is 15.9 Å². The van der Waals surface area contributed by atoms with Gasteiger partial charge in [0.1, 0.15) is 0 Å². The Kier molecular flexibility index (Phi) is 4.66. The summed E-state index contributed by atoms with van der Waals surface area (Å²) in [7, 11) is 0. The zero-order valence-corrected chi connectivity index (χ0v) is 12.5. The number of hydrogen-bond donors (Lipinski definition) is 0. The Morgan fingerprint density at radius 2 is 2.06 bits per heavy atom. The second-order valence-corrected chi connectivity index (χ2v) is 5.97. The Balaban J connectivity index is 2.01. The third kappa shape index (κ3) is 3.25. The fourth-order valence-corrected chi connectivity index (χ4v) is 2.86. The van der Waals surface area contributed by atoms with Crippen molar-refractivity contribution in [2.24, 2.45) is 11.8 Å². The van der Waals surface area contributed by atoms with Gasteiger partial charge in [0.05, 0.1) is 6.10 Å². The van der Waals surface area contributed by atoms with Crippen LogP contribution in [0.15, 0.2) is 18.2 Å². The van der Waals surface area contributed by atoms with Crippen molar-refractivity contribution in [2.75, 3.05) is 0 Å². The number of benzene rings is 1. The summed E-state index contributed by atoms with van der Waals surface area (Å²) in [6.07, 6.45) is 3.40. The van der Waals surface area contributed by atoms with Gasteiger partial charge in [-0.3, -0.25) is 0 Å². The van der Waals surface area contributed by atoms with E-state index < -0.39 is 0 Å². The largest absolute Gasteiger partial charge is 0.487 e. The fourth-order valence-electron chi connectivity index (χ4n) is 2.51. The van der Waals surface area contributed by atoms with E-state index in [1.54, 1.807) is 12.1 Å². The number of alkyl halides is 1. The minimum Gasteiger partial charge on any atom is -0.487 e. The molecule has 3 heteroatoms. The van der Waals surface area contributed by atoms with E-state index in [0.29, 0.717) is 17.0 Å². The average molecular weight is 315 g/mol. The molecule has 0 bridgehead atoms. The van der Waals surface area contributed by atoms with Gasteiger partial charge in [-0.1, -0.05) is 35.8 Å². The molecule has 100 valence electrons. The Morgan fingerprint density at radius 3 is 2.67 bits per heavy atom. The van der Waals surface area contributed by atoms with Gasteiger partial charge in [0.25, 0.3) is 0 Å².